The van der Waals surface area contributed by atoms with Gasteiger partial charge in [0.2, 0.25) is 0 Å². The first-order valence-corrected chi connectivity index (χ1v) is 12.9. The molecule has 1 aromatic heterocycles. The number of fused-ring (bicyclic) bond motifs is 1. The summed E-state index contributed by atoms with van der Waals surface area (Å²) in [4.78, 5) is 25.5. The fraction of sp³-hybridized carbons (Fsp3) is 0.545. The van der Waals surface area contributed by atoms with Crippen LogP contribution < -0.4 is 10.6 Å². The van der Waals surface area contributed by atoms with Crippen molar-refractivity contribution in [3.63, 3.8) is 0 Å². The Morgan fingerprint density at radius 2 is 1.85 bits per heavy atom. The molecule has 3 atom stereocenters. The molecule has 11 heteroatoms. The molecule has 1 saturated carbocycles. The van der Waals surface area contributed by atoms with Gasteiger partial charge < -0.3 is 15.4 Å². The SMILES string of the molecule is CC(C)(C)OC(=O)N[C@@H]1C[C@@H](COS(C)(=O)=O)CC[C@@H]1NC(=O)c1cc2ccccc2n1Cl. The number of hydrogen-bond donors (Lipinski definition) is 2. The minimum Gasteiger partial charge on any atom is -0.444 e. The van der Waals surface area contributed by atoms with Crippen molar-refractivity contribution in [2.24, 2.45) is 5.92 Å². The summed E-state index contributed by atoms with van der Waals surface area (Å²) in [5.41, 5.74) is 0.321. The zero-order valence-electron chi connectivity index (χ0n) is 19.1. The number of carbonyl (C=O) groups is 2. The van der Waals surface area contributed by atoms with Gasteiger partial charge in [0, 0.05) is 23.2 Å². The average Bonchev–Trinajstić information content (AvgIpc) is 3.03. The van der Waals surface area contributed by atoms with Crippen molar-refractivity contribution in [2.45, 2.75) is 57.7 Å². The van der Waals surface area contributed by atoms with Gasteiger partial charge in [0.1, 0.15) is 11.3 Å². The standard InChI is InChI=1S/C22H30ClN3O6S/c1-22(2,3)32-21(28)25-17-11-14(13-31-33(4,29)30)9-10-16(17)24-20(27)19-12-15-7-5-6-8-18(15)26(19)23/h5-8,12,14,16-17H,9-11,13H2,1-4H3,(H,24,27)(H,25,28)/t14-,16-,17+/m0/s1. The van der Waals surface area contributed by atoms with Crippen molar-refractivity contribution in [2.75, 3.05) is 12.9 Å². The van der Waals surface area contributed by atoms with Crippen molar-refractivity contribution in [1.29, 1.82) is 0 Å². The Labute approximate surface area is 199 Å². The molecule has 3 rings (SSSR count). The molecular weight excluding hydrogens is 470 g/mol. The maximum absolute atomic E-state index is 13.0. The van der Waals surface area contributed by atoms with Gasteiger partial charge in [0.05, 0.1) is 24.4 Å². The molecule has 1 aliphatic carbocycles. The molecule has 33 heavy (non-hydrogen) atoms. The quantitative estimate of drug-likeness (QED) is 0.588. The molecule has 0 unspecified atom stereocenters. The van der Waals surface area contributed by atoms with Gasteiger partial charge in [0.25, 0.3) is 16.0 Å². The van der Waals surface area contributed by atoms with E-state index in [0.29, 0.717) is 19.3 Å². The molecule has 182 valence electrons. The molecule has 0 spiro atoms. The van der Waals surface area contributed by atoms with E-state index in [-0.39, 0.29) is 24.1 Å². The number of alkyl carbamates (subject to hydrolysis) is 1. The summed E-state index contributed by atoms with van der Waals surface area (Å²) in [5.74, 6) is -0.472. The molecule has 0 radical (unpaired) electrons. The minimum absolute atomic E-state index is 0.0158. The number of hydrogen-bond acceptors (Lipinski definition) is 6. The highest BCUT2D eigenvalue weighted by Gasteiger charge is 2.35. The van der Waals surface area contributed by atoms with E-state index in [2.05, 4.69) is 10.6 Å². The van der Waals surface area contributed by atoms with E-state index in [4.69, 9.17) is 20.7 Å². The molecule has 1 heterocycles. The number of para-hydroxylation sites is 1. The van der Waals surface area contributed by atoms with Crippen LogP contribution in [0.25, 0.3) is 10.9 Å². The van der Waals surface area contributed by atoms with Crippen LogP contribution in [-0.2, 0) is 19.0 Å². The van der Waals surface area contributed by atoms with Crippen LogP contribution in [0.4, 0.5) is 4.79 Å². The largest absolute Gasteiger partial charge is 0.444 e. The molecule has 2 N–H and O–H groups in total. The normalized spacial score (nSPS) is 21.5. The Kier molecular flexibility index (Phi) is 7.60. The summed E-state index contributed by atoms with van der Waals surface area (Å²) in [5, 5.41) is 6.64. The highest BCUT2D eigenvalue weighted by molar-refractivity contribution is 7.85. The van der Waals surface area contributed by atoms with Gasteiger partial charge in [-0.2, -0.15) is 8.42 Å². The zero-order chi connectivity index (χ0) is 24.4. The second kappa shape index (κ2) is 9.90. The molecule has 1 aliphatic rings. The molecule has 2 amide bonds. The number of aromatic nitrogens is 1. The van der Waals surface area contributed by atoms with Crippen molar-refractivity contribution < 1.29 is 26.9 Å². The van der Waals surface area contributed by atoms with Gasteiger partial charge in [-0.3, -0.25) is 8.98 Å². The van der Waals surface area contributed by atoms with Crippen LogP contribution in [0, 0.1) is 5.92 Å². The Balaban J connectivity index is 1.74. The predicted molar refractivity (Wildman–Crippen MR) is 126 cm³/mol. The lowest BCUT2D eigenvalue weighted by atomic mass is 9.82. The van der Waals surface area contributed by atoms with Crippen molar-refractivity contribution in [3.05, 3.63) is 36.0 Å². The van der Waals surface area contributed by atoms with Gasteiger partial charge >= 0.3 is 6.09 Å². The summed E-state index contributed by atoms with van der Waals surface area (Å²) in [7, 11) is -3.57. The summed E-state index contributed by atoms with van der Waals surface area (Å²) in [6.45, 7) is 5.29. The molecule has 0 aliphatic heterocycles. The summed E-state index contributed by atoms with van der Waals surface area (Å²) in [6.07, 6.45) is 1.95. The molecule has 1 aromatic carbocycles. The average molecular weight is 500 g/mol. The number of halogens is 1. The molecule has 1 fully saturated rings. The molecular formula is C22H30ClN3O6S. The number of carbonyl (C=O) groups excluding carboxylic acids is 2. The number of benzene rings is 1. The van der Waals surface area contributed by atoms with E-state index in [1.807, 2.05) is 24.3 Å². The van der Waals surface area contributed by atoms with E-state index in [9.17, 15) is 18.0 Å². The van der Waals surface area contributed by atoms with Crippen LogP contribution in [0.5, 0.6) is 0 Å². The topological polar surface area (TPSA) is 116 Å². The Bertz CT molecular complexity index is 1120. The van der Waals surface area contributed by atoms with Gasteiger partial charge in [-0.15, -0.1) is 0 Å². The van der Waals surface area contributed by atoms with Crippen LogP contribution in [-0.4, -0.2) is 55.1 Å². The maximum Gasteiger partial charge on any atom is 0.407 e. The number of ether oxygens (including phenoxy) is 1. The van der Waals surface area contributed by atoms with Gasteiger partial charge in [-0.05, 0) is 58.1 Å². The smallest absolute Gasteiger partial charge is 0.407 e. The Morgan fingerprint density at radius 3 is 2.48 bits per heavy atom. The van der Waals surface area contributed by atoms with Gasteiger partial charge in [-0.1, -0.05) is 18.2 Å². The monoisotopic (exact) mass is 499 g/mol. The summed E-state index contributed by atoms with van der Waals surface area (Å²) < 4.78 is 34.4. The molecule has 0 saturated heterocycles. The maximum atomic E-state index is 13.0. The minimum atomic E-state index is -3.57. The van der Waals surface area contributed by atoms with Crippen LogP contribution in [0.1, 0.15) is 50.5 Å². The van der Waals surface area contributed by atoms with Crippen LogP contribution in [0.2, 0.25) is 0 Å². The molecule has 0 bridgehead atoms. The first kappa shape index (κ1) is 25.3. The number of amides is 2. The lowest BCUT2D eigenvalue weighted by Gasteiger charge is -2.37. The second-order valence-electron chi connectivity index (χ2n) is 9.37. The highest BCUT2D eigenvalue weighted by Crippen LogP contribution is 2.27. The van der Waals surface area contributed by atoms with Crippen molar-refractivity contribution in [1.82, 2.24) is 14.7 Å². The predicted octanol–water partition coefficient (Wildman–Crippen LogP) is 3.41. The van der Waals surface area contributed by atoms with E-state index in [1.165, 1.54) is 4.09 Å². The van der Waals surface area contributed by atoms with E-state index < -0.39 is 33.9 Å². The molecule has 9 nitrogen and oxygen atoms in total. The van der Waals surface area contributed by atoms with Crippen molar-refractivity contribution >= 4 is 44.8 Å². The van der Waals surface area contributed by atoms with Crippen LogP contribution >= 0.6 is 11.8 Å². The summed E-state index contributed by atoms with van der Waals surface area (Å²) in [6, 6.07) is 8.22. The van der Waals surface area contributed by atoms with E-state index in [0.717, 1.165) is 17.2 Å². The third-order valence-electron chi connectivity index (χ3n) is 5.38. The number of nitrogens with one attached hydrogen (secondary N) is 2. The summed E-state index contributed by atoms with van der Waals surface area (Å²) >= 11 is 6.36. The van der Waals surface area contributed by atoms with Crippen LogP contribution in [0.15, 0.2) is 30.3 Å². The lowest BCUT2D eigenvalue weighted by molar-refractivity contribution is 0.0451. The van der Waals surface area contributed by atoms with Crippen molar-refractivity contribution in [3.8, 4) is 0 Å². The first-order valence-electron chi connectivity index (χ1n) is 10.7. The van der Waals surface area contributed by atoms with E-state index >= 15 is 0 Å². The molecule has 2 aromatic rings. The van der Waals surface area contributed by atoms with E-state index in [1.54, 1.807) is 26.8 Å². The highest BCUT2D eigenvalue weighted by atomic mass is 35.5. The third kappa shape index (κ3) is 7.09. The van der Waals surface area contributed by atoms with Gasteiger partial charge in [0.15, 0.2) is 0 Å². The third-order valence-corrected chi connectivity index (χ3v) is 6.31. The number of nitrogens with zero attached hydrogens (tertiary/aromatic N) is 1. The fourth-order valence-corrected chi connectivity index (χ4v) is 4.66. The Morgan fingerprint density at radius 1 is 1.15 bits per heavy atom. The lowest BCUT2D eigenvalue weighted by Crippen LogP contribution is -2.55. The van der Waals surface area contributed by atoms with Gasteiger partial charge in [-0.25, -0.2) is 8.88 Å². The number of rotatable bonds is 6. The Hall–Kier alpha value is -2.30. The second-order valence-corrected chi connectivity index (χ2v) is 11.4. The zero-order valence-corrected chi connectivity index (χ0v) is 20.7. The first-order chi connectivity index (χ1) is 15.3. The fourth-order valence-electron chi connectivity index (χ4n) is 3.94. The van der Waals surface area contributed by atoms with Crippen LogP contribution in [0.3, 0.4) is 0 Å².